The van der Waals surface area contributed by atoms with Crippen molar-refractivity contribution in [3.05, 3.63) is 23.9 Å². The molecule has 17 heavy (non-hydrogen) atoms. The van der Waals surface area contributed by atoms with Gasteiger partial charge in [0.05, 0.1) is 6.61 Å². The Balaban J connectivity index is 1.88. The Morgan fingerprint density at radius 3 is 3.29 bits per heavy atom. The van der Waals surface area contributed by atoms with Gasteiger partial charge < -0.3 is 10.2 Å². The maximum Gasteiger partial charge on any atom is 0.140 e. The first-order valence-corrected chi connectivity index (χ1v) is 5.94. The van der Waals surface area contributed by atoms with Gasteiger partial charge in [-0.1, -0.05) is 0 Å². The van der Waals surface area contributed by atoms with Crippen LogP contribution in [-0.4, -0.2) is 36.7 Å². The van der Waals surface area contributed by atoms with Crippen molar-refractivity contribution in [2.24, 2.45) is 11.8 Å². The summed E-state index contributed by atoms with van der Waals surface area (Å²) in [6.07, 6.45) is 3.01. The highest BCUT2D eigenvalue weighted by Crippen LogP contribution is 2.19. The number of nitrogens with one attached hydrogen (secondary N) is 1. The predicted molar refractivity (Wildman–Crippen MR) is 67.3 cm³/mol. The molecule has 0 amide bonds. The molecule has 1 aromatic rings. The third kappa shape index (κ3) is 3.39. The zero-order valence-corrected chi connectivity index (χ0v) is 10.2. The van der Waals surface area contributed by atoms with Crippen LogP contribution in [0.2, 0.25) is 0 Å². The van der Waals surface area contributed by atoms with E-state index in [4.69, 9.17) is 10.6 Å². The molecule has 94 valence electrons. The number of hydrogen-bond donors (Lipinski definition) is 2. The lowest BCUT2D eigenvalue weighted by Crippen LogP contribution is -2.21. The van der Waals surface area contributed by atoms with Crippen molar-refractivity contribution in [1.82, 2.24) is 9.88 Å². The van der Waals surface area contributed by atoms with Crippen LogP contribution >= 0.6 is 0 Å². The van der Waals surface area contributed by atoms with Crippen LogP contribution in [0.4, 0.5) is 5.82 Å². The van der Waals surface area contributed by atoms with E-state index in [9.17, 15) is 0 Å². The topological polar surface area (TPSA) is 63.4 Å². The standard InChI is InChI=1S/C12H20N4O/c1-17-9-11-3-5-16(8-11)7-10-2-4-14-12(6-10)15-13/h2,4,6,11H,3,5,7-9,13H2,1H3,(H,14,15). The van der Waals surface area contributed by atoms with Gasteiger partial charge in [-0.3, -0.25) is 4.90 Å². The molecule has 5 nitrogen and oxygen atoms in total. The number of likely N-dealkylation sites (tertiary alicyclic amines) is 1. The molecule has 0 aliphatic carbocycles. The molecule has 1 aromatic heterocycles. The molecule has 1 unspecified atom stereocenters. The van der Waals surface area contributed by atoms with E-state index in [1.54, 1.807) is 13.3 Å². The van der Waals surface area contributed by atoms with Crippen LogP contribution in [0.3, 0.4) is 0 Å². The number of nitrogen functional groups attached to an aromatic ring is 1. The van der Waals surface area contributed by atoms with Crippen molar-refractivity contribution in [3.63, 3.8) is 0 Å². The summed E-state index contributed by atoms with van der Waals surface area (Å²) < 4.78 is 5.20. The molecule has 1 fully saturated rings. The van der Waals surface area contributed by atoms with E-state index >= 15 is 0 Å². The van der Waals surface area contributed by atoms with Crippen LogP contribution in [0.1, 0.15) is 12.0 Å². The fraction of sp³-hybridized carbons (Fsp3) is 0.583. The van der Waals surface area contributed by atoms with Crippen LogP contribution in [0.5, 0.6) is 0 Å². The fourth-order valence-electron chi connectivity index (χ4n) is 2.34. The number of nitrogens with two attached hydrogens (primary N) is 1. The summed E-state index contributed by atoms with van der Waals surface area (Å²) in [7, 11) is 1.77. The van der Waals surface area contributed by atoms with Crippen LogP contribution in [-0.2, 0) is 11.3 Å². The number of pyridine rings is 1. The van der Waals surface area contributed by atoms with E-state index in [1.165, 1.54) is 12.0 Å². The van der Waals surface area contributed by atoms with E-state index in [0.29, 0.717) is 5.92 Å². The summed E-state index contributed by atoms with van der Waals surface area (Å²) in [5, 5.41) is 0. The van der Waals surface area contributed by atoms with Gasteiger partial charge in [0.25, 0.3) is 0 Å². The second kappa shape index (κ2) is 5.95. The molecule has 0 aromatic carbocycles. The highest BCUT2D eigenvalue weighted by Gasteiger charge is 2.22. The molecule has 5 heteroatoms. The zero-order chi connectivity index (χ0) is 12.1. The molecule has 1 aliphatic rings. The van der Waals surface area contributed by atoms with Gasteiger partial charge in [0.1, 0.15) is 5.82 Å². The summed E-state index contributed by atoms with van der Waals surface area (Å²) in [6.45, 7) is 4.07. The summed E-state index contributed by atoms with van der Waals surface area (Å²) in [5.74, 6) is 6.74. The van der Waals surface area contributed by atoms with Crippen LogP contribution in [0, 0.1) is 5.92 Å². The molecule has 1 aliphatic heterocycles. The Morgan fingerprint density at radius 1 is 1.65 bits per heavy atom. The molecule has 0 bridgehead atoms. The molecular formula is C12H20N4O. The van der Waals surface area contributed by atoms with Gasteiger partial charge in [-0.05, 0) is 36.6 Å². The maximum absolute atomic E-state index is 5.35. The average molecular weight is 236 g/mol. The van der Waals surface area contributed by atoms with Gasteiger partial charge in [-0.25, -0.2) is 10.8 Å². The average Bonchev–Trinajstić information content (AvgIpc) is 2.77. The van der Waals surface area contributed by atoms with Gasteiger partial charge >= 0.3 is 0 Å². The third-order valence-corrected chi connectivity index (χ3v) is 3.15. The van der Waals surface area contributed by atoms with E-state index in [0.717, 1.165) is 32.1 Å². The Labute approximate surface area is 102 Å². The van der Waals surface area contributed by atoms with Gasteiger partial charge in [-0.15, -0.1) is 0 Å². The van der Waals surface area contributed by atoms with Crippen LogP contribution in [0.15, 0.2) is 18.3 Å². The van der Waals surface area contributed by atoms with Crippen molar-refractivity contribution in [2.75, 3.05) is 32.2 Å². The molecule has 0 saturated carbocycles. The smallest absolute Gasteiger partial charge is 0.140 e. The van der Waals surface area contributed by atoms with Gasteiger partial charge in [-0.2, -0.15) is 0 Å². The lowest BCUT2D eigenvalue weighted by molar-refractivity contribution is 0.152. The number of nitrogens with zero attached hydrogens (tertiary/aromatic N) is 2. The molecule has 1 saturated heterocycles. The Hall–Kier alpha value is -1.17. The molecule has 1 atom stereocenters. The van der Waals surface area contributed by atoms with Gasteiger partial charge in [0, 0.05) is 26.4 Å². The first kappa shape index (κ1) is 12.3. The van der Waals surface area contributed by atoms with E-state index in [2.05, 4.69) is 15.3 Å². The third-order valence-electron chi connectivity index (χ3n) is 3.15. The second-order valence-electron chi connectivity index (χ2n) is 4.54. The van der Waals surface area contributed by atoms with Crippen molar-refractivity contribution in [1.29, 1.82) is 0 Å². The monoisotopic (exact) mass is 236 g/mol. The summed E-state index contributed by atoms with van der Waals surface area (Å²) >= 11 is 0. The largest absolute Gasteiger partial charge is 0.384 e. The lowest BCUT2D eigenvalue weighted by Gasteiger charge is -2.16. The minimum atomic E-state index is 0.675. The SMILES string of the molecule is COCC1CCN(Cc2ccnc(NN)c2)C1. The van der Waals surface area contributed by atoms with Gasteiger partial charge in [0.15, 0.2) is 0 Å². The molecular weight excluding hydrogens is 216 g/mol. The van der Waals surface area contributed by atoms with E-state index in [1.807, 2.05) is 12.1 Å². The number of methoxy groups -OCH3 is 1. The van der Waals surface area contributed by atoms with E-state index in [-0.39, 0.29) is 0 Å². The van der Waals surface area contributed by atoms with E-state index < -0.39 is 0 Å². The minimum absolute atomic E-state index is 0.675. The Bertz CT molecular complexity index is 358. The lowest BCUT2D eigenvalue weighted by atomic mass is 10.1. The molecule has 0 spiro atoms. The normalized spacial score (nSPS) is 20.7. The van der Waals surface area contributed by atoms with Crippen LogP contribution in [0.25, 0.3) is 0 Å². The first-order chi connectivity index (χ1) is 8.31. The summed E-state index contributed by atoms with van der Waals surface area (Å²) in [6, 6.07) is 4.02. The molecule has 2 rings (SSSR count). The Kier molecular flexibility index (Phi) is 4.30. The van der Waals surface area contributed by atoms with Gasteiger partial charge in [0.2, 0.25) is 0 Å². The second-order valence-corrected chi connectivity index (χ2v) is 4.54. The van der Waals surface area contributed by atoms with Crippen molar-refractivity contribution < 1.29 is 4.74 Å². The number of hydrazine groups is 1. The molecule has 3 N–H and O–H groups in total. The fourth-order valence-corrected chi connectivity index (χ4v) is 2.34. The number of ether oxygens (including phenoxy) is 1. The summed E-state index contributed by atoms with van der Waals surface area (Å²) in [4.78, 5) is 6.55. The van der Waals surface area contributed by atoms with Crippen molar-refractivity contribution in [3.8, 4) is 0 Å². The quantitative estimate of drug-likeness (QED) is 0.586. The highest BCUT2D eigenvalue weighted by atomic mass is 16.5. The van der Waals surface area contributed by atoms with Crippen molar-refractivity contribution >= 4 is 5.82 Å². The highest BCUT2D eigenvalue weighted by molar-refractivity contribution is 5.35. The molecule has 0 radical (unpaired) electrons. The van der Waals surface area contributed by atoms with Crippen molar-refractivity contribution in [2.45, 2.75) is 13.0 Å². The minimum Gasteiger partial charge on any atom is -0.384 e. The number of rotatable bonds is 5. The maximum atomic E-state index is 5.35. The Morgan fingerprint density at radius 2 is 2.53 bits per heavy atom. The predicted octanol–water partition coefficient (Wildman–Crippen LogP) is 0.835. The number of aromatic nitrogens is 1. The number of hydrogen-bond acceptors (Lipinski definition) is 5. The zero-order valence-electron chi connectivity index (χ0n) is 10.2. The summed E-state index contributed by atoms with van der Waals surface area (Å²) in [5.41, 5.74) is 3.81. The number of anilines is 1. The van der Waals surface area contributed by atoms with Crippen LogP contribution < -0.4 is 11.3 Å². The molecule has 2 heterocycles. The first-order valence-electron chi connectivity index (χ1n) is 5.94.